The highest BCUT2D eigenvalue weighted by Crippen LogP contribution is 2.40. The number of carbonyl (C=O) groups is 1. The van der Waals surface area contributed by atoms with Gasteiger partial charge in [0, 0.05) is 48.7 Å². The molecule has 7 nitrogen and oxygen atoms in total. The summed E-state index contributed by atoms with van der Waals surface area (Å²) in [6.07, 6.45) is 10.2. The van der Waals surface area contributed by atoms with Gasteiger partial charge in [0.15, 0.2) is 5.82 Å². The Labute approximate surface area is 242 Å². The molecule has 3 aliphatic rings. The molecule has 2 N–H and O–H groups in total. The van der Waals surface area contributed by atoms with Crippen LogP contribution in [-0.2, 0) is 13.6 Å². The van der Waals surface area contributed by atoms with Crippen LogP contribution in [-0.4, -0.2) is 50.7 Å². The number of amides is 1. The lowest BCUT2D eigenvalue weighted by atomic mass is 10.1. The Morgan fingerprint density at radius 2 is 1.98 bits per heavy atom. The summed E-state index contributed by atoms with van der Waals surface area (Å²) in [5, 5.41) is 1.22. The average Bonchev–Trinajstić information content (AvgIpc) is 3.37. The van der Waals surface area contributed by atoms with Crippen LogP contribution in [0.4, 0.5) is 0 Å². The summed E-state index contributed by atoms with van der Waals surface area (Å²) in [7, 11) is 3.72. The van der Waals surface area contributed by atoms with Crippen molar-refractivity contribution in [3.8, 4) is 17.3 Å². The van der Waals surface area contributed by atoms with Gasteiger partial charge in [-0.1, -0.05) is 38.1 Å². The van der Waals surface area contributed by atoms with Gasteiger partial charge in [0.2, 0.25) is 0 Å². The molecular formula is C34H41N5O2. The summed E-state index contributed by atoms with van der Waals surface area (Å²) in [5.74, 6) is 3.35. The number of nitrogens with two attached hydrogens (primary N) is 1. The minimum absolute atomic E-state index is 0.0287. The minimum Gasteiger partial charge on any atom is -0.494 e. The Morgan fingerprint density at radius 1 is 1.15 bits per heavy atom. The smallest absolute Gasteiger partial charge is 0.254 e. The van der Waals surface area contributed by atoms with Crippen molar-refractivity contribution >= 4 is 33.9 Å². The molecular weight excluding hydrogens is 510 g/mol. The van der Waals surface area contributed by atoms with E-state index >= 15 is 0 Å². The zero-order valence-electron chi connectivity index (χ0n) is 24.6. The van der Waals surface area contributed by atoms with E-state index in [0.717, 1.165) is 54.9 Å². The zero-order valence-corrected chi connectivity index (χ0v) is 24.6. The molecule has 1 saturated heterocycles. The predicted octanol–water partition coefficient (Wildman–Crippen LogP) is 6.23. The maximum absolute atomic E-state index is 13.7. The van der Waals surface area contributed by atoms with E-state index in [-0.39, 0.29) is 18.0 Å². The molecule has 3 fully saturated rings. The molecule has 1 amide bonds. The number of benzene rings is 2. The zero-order chi connectivity index (χ0) is 28.4. The lowest BCUT2D eigenvalue weighted by Gasteiger charge is -2.27. The highest BCUT2D eigenvalue weighted by molar-refractivity contribution is 6.00. The molecule has 2 aromatic carbocycles. The van der Waals surface area contributed by atoms with Crippen LogP contribution in [0.1, 0.15) is 61.9 Å². The normalized spacial score (nSPS) is 22.3. The standard InChI is InChI=1S/C34H41N5O2/c1-20(2)6-5-7-21-10-11-23-16-29(38(28(23)14-21)18-22-8-9-22)33-36-26-15-25(17-30(41-4)32(26)37(33)3)34(40)39-19-24-12-13-27(39)31(24)35/h5,7,10-11,14-17,20,22,24,27,31H,6,8-9,12-13,18-19,35H2,1-4H3/b7-5+/t24-,27?,31-/m1/s1. The van der Waals surface area contributed by atoms with E-state index in [2.05, 4.69) is 59.4 Å². The maximum atomic E-state index is 13.7. The Kier molecular flexibility index (Phi) is 6.45. The van der Waals surface area contributed by atoms with Gasteiger partial charge >= 0.3 is 0 Å². The molecule has 3 atom stereocenters. The largest absolute Gasteiger partial charge is 0.494 e. The number of aromatic nitrogens is 3. The van der Waals surface area contributed by atoms with E-state index in [1.54, 1.807) is 7.11 Å². The first-order valence-corrected chi connectivity index (χ1v) is 15.2. The number of carbonyl (C=O) groups excluding carboxylic acids is 1. The molecule has 2 saturated carbocycles. The van der Waals surface area contributed by atoms with Gasteiger partial charge in [0.1, 0.15) is 11.3 Å². The number of methoxy groups -OCH3 is 1. The van der Waals surface area contributed by atoms with Crippen LogP contribution in [0.5, 0.6) is 5.75 Å². The fraction of sp³-hybridized carbons (Fsp3) is 0.471. The first kappa shape index (κ1) is 26.3. The molecule has 7 heteroatoms. The molecule has 0 radical (unpaired) electrons. The van der Waals surface area contributed by atoms with Gasteiger partial charge in [-0.05, 0) is 79.7 Å². The second-order valence-corrected chi connectivity index (χ2v) is 12.9. The third-order valence-corrected chi connectivity index (χ3v) is 9.53. The van der Waals surface area contributed by atoms with Crippen molar-refractivity contribution in [1.82, 2.24) is 19.0 Å². The first-order valence-electron chi connectivity index (χ1n) is 15.2. The Bertz CT molecular complexity index is 1670. The summed E-state index contributed by atoms with van der Waals surface area (Å²) in [6.45, 7) is 6.22. The molecule has 2 bridgehead atoms. The Hall–Kier alpha value is -3.58. The minimum atomic E-state index is 0.0287. The molecule has 1 aliphatic heterocycles. The van der Waals surface area contributed by atoms with Crippen LogP contribution in [0.15, 0.2) is 42.5 Å². The van der Waals surface area contributed by atoms with E-state index in [1.165, 1.54) is 29.3 Å². The number of piperidine rings is 1. The Morgan fingerprint density at radius 3 is 2.66 bits per heavy atom. The molecule has 3 heterocycles. The molecule has 2 aromatic heterocycles. The summed E-state index contributed by atoms with van der Waals surface area (Å²) in [5.41, 5.74) is 12.3. The van der Waals surface area contributed by atoms with Gasteiger partial charge in [0.25, 0.3) is 5.91 Å². The molecule has 0 spiro atoms. The summed E-state index contributed by atoms with van der Waals surface area (Å²) >= 11 is 0. The van der Waals surface area contributed by atoms with Gasteiger partial charge in [-0.25, -0.2) is 4.98 Å². The number of rotatable bonds is 8. The summed E-state index contributed by atoms with van der Waals surface area (Å²) in [4.78, 5) is 20.8. The summed E-state index contributed by atoms with van der Waals surface area (Å²) in [6, 6.07) is 13.1. The van der Waals surface area contributed by atoms with Gasteiger partial charge in [-0.15, -0.1) is 0 Å². The van der Waals surface area contributed by atoms with Crippen LogP contribution < -0.4 is 10.5 Å². The van der Waals surface area contributed by atoms with E-state index in [1.807, 2.05) is 24.1 Å². The van der Waals surface area contributed by atoms with E-state index in [9.17, 15) is 4.79 Å². The van der Waals surface area contributed by atoms with Crippen LogP contribution in [0.3, 0.4) is 0 Å². The number of hydrogen-bond acceptors (Lipinski definition) is 4. The third kappa shape index (κ3) is 4.55. The Balaban J connectivity index is 1.31. The van der Waals surface area contributed by atoms with Crippen LogP contribution in [0.25, 0.3) is 39.5 Å². The number of hydrogen-bond donors (Lipinski definition) is 1. The van der Waals surface area contributed by atoms with Gasteiger partial charge in [-0.2, -0.15) is 0 Å². The number of nitrogens with zero attached hydrogens (tertiary/aromatic N) is 4. The second kappa shape index (κ2) is 10.1. The van der Waals surface area contributed by atoms with Crippen molar-refractivity contribution < 1.29 is 9.53 Å². The molecule has 7 rings (SSSR count). The SMILES string of the molecule is COc1cc(C(=O)N2C[C@H]3CCC2[C@@H]3N)cc2nc(-c3cc4ccc(/C=C/CC(C)C)cc4n3CC3CC3)n(C)c12. The van der Waals surface area contributed by atoms with Crippen molar-refractivity contribution in [2.45, 2.75) is 64.6 Å². The summed E-state index contributed by atoms with van der Waals surface area (Å²) < 4.78 is 10.4. The van der Waals surface area contributed by atoms with Gasteiger partial charge < -0.3 is 24.5 Å². The van der Waals surface area contributed by atoms with E-state index in [4.69, 9.17) is 15.5 Å². The van der Waals surface area contributed by atoms with Crippen LogP contribution in [0.2, 0.25) is 0 Å². The topological polar surface area (TPSA) is 78.3 Å². The van der Waals surface area contributed by atoms with Crippen molar-refractivity contribution in [3.63, 3.8) is 0 Å². The number of imidazole rings is 1. The molecule has 2 aliphatic carbocycles. The number of allylic oxidation sites excluding steroid dienone is 1. The molecule has 41 heavy (non-hydrogen) atoms. The first-order chi connectivity index (χ1) is 19.8. The van der Waals surface area contributed by atoms with Crippen molar-refractivity contribution in [3.05, 3.63) is 53.6 Å². The monoisotopic (exact) mass is 551 g/mol. The van der Waals surface area contributed by atoms with Crippen molar-refractivity contribution in [2.75, 3.05) is 13.7 Å². The van der Waals surface area contributed by atoms with Gasteiger partial charge in [-0.3, -0.25) is 4.79 Å². The van der Waals surface area contributed by atoms with E-state index in [0.29, 0.717) is 29.1 Å². The number of likely N-dealkylation sites (tertiary alicyclic amines) is 1. The second-order valence-electron chi connectivity index (χ2n) is 12.9. The highest BCUT2D eigenvalue weighted by atomic mass is 16.5. The average molecular weight is 552 g/mol. The van der Waals surface area contributed by atoms with Crippen molar-refractivity contribution in [2.24, 2.45) is 30.5 Å². The lowest BCUT2D eigenvalue weighted by Crippen LogP contribution is -2.41. The van der Waals surface area contributed by atoms with Gasteiger partial charge in [0.05, 0.1) is 18.3 Å². The van der Waals surface area contributed by atoms with Crippen molar-refractivity contribution in [1.29, 1.82) is 0 Å². The number of aryl methyl sites for hydroxylation is 1. The molecule has 4 aromatic rings. The molecule has 1 unspecified atom stereocenters. The fourth-order valence-electron chi connectivity index (χ4n) is 7.06. The predicted molar refractivity (Wildman–Crippen MR) is 165 cm³/mol. The lowest BCUT2D eigenvalue weighted by molar-refractivity contribution is 0.0700. The van der Waals surface area contributed by atoms with Crippen LogP contribution in [0, 0.1) is 17.8 Å². The van der Waals surface area contributed by atoms with E-state index < -0.39 is 0 Å². The third-order valence-electron chi connectivity index (χ3n) is 9.53. The quantitative estimate of drug-likeness (QED) is 0.281. The highest BCUT2D eigenvalue weighted by Gasteiger charge is 2.47. The van der Waals surface area contributed by atoms with Crippen LogP contribution >= 0.6 is 0 Å². The fourth-order valence-corrected chi connectivity index (χ4v) is 7.06. The molecule has 214 valence electrons. The maximum Gasteiger partial charge on any atom is 0.254 e. The number of fused-ring (bicyclic) bond motifs is 4. The number of ether oxygens (including phenoxy) is 1.